The second kappa shape index (κ2) is 6.16. The Labute approximate surface area is 133 Å². The molecule has 1 N–H and O–H groups in total. The van der Waals surface area contributed by atoms with Crippen molar-refractivity contribution in [3.8, 4) is 12.3 Å². The second-order valence-electron chi connectivity index (χ2n) is 5.01. The molecule has 2 aromatic carbocycles. The summed E-state index contributed by atoms with van der Waals surface area (Å²) in [6.45, 7) is 0.474. The van der Waals surface area contributed by atoms with Gasteiger partial charge in [-0.15, -0.1) is 6.42 Å². The van der Waals surface area contributed by atoms with Crippen molar-refractivity contribution in [2.24, 2.45) is 0 Å². The minimum absolute atomic E-state index is 0.0603. The van der Waals surface area contributed by atoms with Crippen molar-refractivity contribution in [3.05, 3.63) is 76.1 Å². The van der Waals surface area contributed by atoms with Crippen LogP contribution in [0.1, 0.15) is 11.1 Å². The molecule has 3 rings (SSSR count). The van der Waals surface area contributed by atoms with Crippen molar-refractivity contribution >= 4 is 22.1 Å². The largest absolute Gasteiger partial charge is 0.375 e. The number of nitrogens with zero attached hydrogens (tertiary/aromatic N) is 2. The molecule has 0 spiro atoms. The molecule has 0 atom stereocenters. The standard InChI is InChI=1S/C18H13N3O2/c1-2-13-3-5-14(6-4-13)11-20-17-8-7-15-12-19-10-9-16(15)18(17)21(22)23/h1,3-10,12,20H,11H2. The molecule has 0 aliphatic heterocycles. The molecule has 0 unspecified atom stereocenters. The van der Waals surface area contributed by atoms with Crippen molar-refractivity contribution in [3.63, 3.8) is 0 Å². The molecule has 1 aromatic heterocycles. The molecule has 0 bridgehead atoms. The van der Waals surface area contributed by atoms with Crippen molar-refractivity contribution in [1.82, 2.24) is 4.98 Å². The lowest BCUT2D eigenvalue weighted by Gasteiger charge is -2.09. The molecular formula is C18H13N3O2. The van der Waals surface area contributed by atoms with E-state index < -0.39 is 0 Å². The molecule has 5 nitrogen and oxygen atoms in total. The Morgan fingerprint density at radius 2 is 1.96 bits per heavy atom. The number of pyridine rings is 1. The maximum atomic E-state index is 11.5. The van der Waals surface area contributed by atoms with Gasteiger partial charge in [0.2, 0.25) is 0 Å². The molecule has 0 radical (unpaired) electrons. The van der Waals surface area contributed by atoms with E-state index in [9.17, 15) is 10.1 Å². The van der Waals surface area contributed by atoms with Crippen LogP contribution in [0.3, 0.4) is 0 Å². The third-order valence-corrected chi connectivity index (χ3v) is 3.58. The fourth-order valence-corrected chi connectivity index (χ4v) is 2.41. The van der Waals surface area contributed by atoms with Crippen molar-refractivity contribution in [1.29, 1.82) is 0 Å². The predicted molar refractivity (Wildman–Crippen MR) is 90.1 cm³/mol. The molecule has 23 heavy (non-hydrogen) atoms. The summed E-state index contributed by atoms with van der Waals surface area (Å²) in [6.07, 6.45) is 8.49. The van der Waals surface area contributed by atoms with Crippen LogP contribution in [0.15, 0.2) is 54.9 Å². The van der Waals surface area contributed by atoms with Crippen LogP contribution in [0.25, 0.3) is 10.8 Å². The average molecular weight is 303 g/mol. The van der Waals surface area contributed by atoms with Gasteiger partial charge in [0.05, 0.1) is 10.3 Å². The number of hydrogen-bond acceptors (Lipinski definition) is 4. The summed E-state index contributed by atoms with van der Waals surface area (Å²) in [5, 5.41) is 15.9. The second-order valence-corrected chi connectivity index (χ2v) is 5.01. The molecule has 0 saturated heterocycles. The van der Waals surface area contributed by atoms with E-state index in [1.807, 2.05) is 30.3 Å². The average Bonchev–Trinajstić information content (AvgIpc) is 2.59. The van der Waals surface area contributed by atoms with Gasteiger partial charge in [-0.25, -0.2) is 0 Å². The molecule has 0 saturated carbocycles. The highest BCUT2D eigenvalue weighted by molar-refractivity contribution is 5.95. The van der Waals surface area contributed by atoms with Crippen LogP contribution >= 0.6 is 0 Å². The van der Waals surface area contributed by atoms with Gasteiger partial charge < -0.3 is 5.32 Å². The lowest BCUT2D eigenvalue weighted by Crippen LogP contribution is -2.03. The van der Waals surface area contributed by atoms with Gasteiger partial charge in [0.1, 0.15) is 5.69 Å². The first-order chi connectivity index (χ1) is 11.2. The number of aromatic nitrogens is 1. The molecule has 0 aliphatic rings. The minimum Gasteiger partial charge on any atom is -0.375 e. The SMILES string of the molecule is C#Cc1ccc(CNc2ccc3cnccc3c2[N+](=O)[O-])cc1. The van der Waals surface area contributed by atoms with E-state index in [1.165, 1.54) is 0 Å². The lowest BCUT2D eigenvalue weighted by atomic mass is 10.1. The van der Waals surface area contributed by atoms with Crippen LogP contribution in [0.4, 0.5) is 11.4 Å². The molecule has 0 amide bonds. The molecule has 1 heterocycles. The molecule has 3 aromatic rings. The van der Waals surface area contributed by atoms with Gasteiger partial charge in [-0.3, -0.25) is 15.1 Å². The van der Waals surface area contributed by atoms with Gasteiger partial charge in [-0.1, -0.05) is 24.1 Å². The summed E-state index contributed by atoms with van der Waals surface area (Å²) in [5.74, 6) is 2.56. The number of terminal acetylenes is 1. The van der Waals surface area contributed by atoms with Gasteiger partial charge in [0.15, 0.2) is 0 Å². The number of rotatable bonds is 4. The zero-order valence-corrected chi connectivity index (χ0v) is 12.2. The first kappa shape index (κ1) is 14.5. The van der Waals surface area contributed by atoms with Gasteiger partial charge in [-0.2, -0.15) is 0 Å². The molecular weight excluding hydrogens is 290 g/mol. The Hall–Kier alpha value is -3.39. The highest BCUT2D eigenvalue weighted by atomic mass is 16.6. The van der Waals surface area contributed by atoms with Crippen LogP contribution < -0.4 is 5.32 Å². The quantitative estimate of drug-likeness (QED) is 0.453. The van der Waals surface area contributed by atoms with Crippen LogP contribution in [0, 0.1) is 22.5 Å². The first-order valence-electron chi connectivity index (χ1n) is 6.99. The zero-order chi connectivity index (χ0) is 16.2. The lowest BCUT2D eigenvalue weighted by molar-refractivity contribution is -0.382. The smallest absolute Gasteiger partial charge is 0.300 e. The van der Waals surface area contributed by atoms with E-state index in [4.69, 9.17) is 6.42 Å². The first-order valence-corrected chi connectivity index (χ1v) is 6.99. The van der Waals surface area contributed by atoms with Gasteiger partial charge in [0.25, 0.3) is 5.69 Å². The van der Waals surface area contributed by atoms with Gasteiger partial charge in [0, 0.05) is 29.9 Å². The minimum atomic E-state index is -0.369. The summed E-state index contributed by atoms with van der Waals surface area (Å²) >= 11 is 0. The van der Waals surface area contributed by atoms with Crippen molar-refractivity contribution in [2.75, 3.05) is 5.32 Å². The Morgan fingerprint density at radius 3 is 2.65 bits per heavy atom. The van der Waals surface area contributed by atoms with E-state index in [1.54, 1.807) is 24.5 Å². The summed E-state index contributed by atoms with van der Waals surface area (Å²) in [4.78, 5) is 15.1. The highest BCUT2D eigenvalue weighted by Crippen LogP contribution is 2.33. The van der Waals surface area contributed by atoms with E-state index in [0.29, 0.717) is 17.6 Å². The number of nitro benzene ring substituents is 1. The number of anilines is 1. The maximum Gasteiger partial charge on any atom is 0.300 e. The fourth-order valence-electron chi connectivity index (χ4n) is 2.41. The Morgan fingerprint density at radius 1 is 1.17 bits per heavy atom. The number of nitro groups is 1. The topological polar surface area (TPSA) is 68.1 Å². The van der Waals surface area contributed by atoms with Crippen LogP contribution in [0.2, 0.25) is 0 Å². The summed E-state index contributed by atoms with van der Waals surface area (Å²) in [7, 11) is 0. The number of fused-ring (bicyclic) bond motifs is 1. The molecule has 5 heteroatoms. The summed E-state index contributed by atoms with van der Waals surface area (Å²) < 4.78 is 0. The van der Waals surface area contributed by atoms with E-state index in [2.05, 4.69) is 16.2 Å². The van der Waals surface area contributed by atoms with Crippen LogP contribution in [-0.4, -0.2) is 9.91 Å². The third kappa shape index (κ3) is 2.97. The maximum absolute atomic E-state index is 11.5. The molecule has 0 fully saturated rings. The zero-order valence-electron chi connectivity index (χ0n) is 12.2. The van der Waals surface area contributed by atoms with Gasteiger partial charge in [-0.05, 0) is 29.8 Å². The third-order valence-electron chi connectivity index (χ3n) is 3.58. The Kier molecular flexibility index (Phi) is 3.89. The van der Waals surface area contributed by atoms with Gasteiger partial charge >= 0.3 is 0 Å². The van der Waals surface area contributed by atoms with E-state index >= 15 is 0 Å². The summed E-state index contributed by atoms with van der Waals surface area (Å²) in [5.41, 5.74) is 2.34. The monoisotopic (exact) mass is 303 g/mol. The van der Waals surface area contributed by atoms with Crippen molar-refractivity contribution in [2.45, 2.75) is 6.54 Å². The molecule has 112 valence electrons. The number of benzene rings is 2. The van der Waals surface area contributed by atoms with Crippen molar-refractivity contribution < 1.29 is 4.92 Å². The Balaban J connectivity index is 1.91. The van der Waals surface area contributed by atoms with E-state index in [0.717, 1.165) is 16.5 Å². The normalized spacial score (nSPS) is 10.2. The number of hydrogen-bond donors (Lipinski definition) is 1. The van der Waals surface area contributed by atoms with E-state index in [-0.39, 0.29) is 10.6 Å². The predicted octanol–water partition coefficient (Wildman–Crippen LogP) is 3.74. The van der Waals surface area contributed by atoms with Crippen LogP contribution in [0.5, 0.6) is 0 Å². The van der Waals surface area contributed by atoms with Crippen LogP contribution in [-0.2, 0) is 6.54 Å². The summed E-state index contributed by atoms with van der Waals surface area (Å²) in [6, 6.07) is 12.7. The Bertz CT molecular complexity index is 912. The highest BCUT2D eigenvalue weighted by Gasteiger charge is 2.18. The fraction of sp³-hybridized carbons (Fsp3) is 0.0556. The molecule has 0 aliphatic carbocycles. The number of nitrogens with one attached hydrogen (secondary N) is 1.